The van der Waals surface area contributed by atoms with Gasteiger partial charge in [-0.25, -0.2) is 0 Å². The predicted molar refractivity (Wildman–Crippen MR) is 91.9 cm³/mol. The Kier molecular flexibility index (Phi) is 5.24. The van der Waals surface area contributed by atoms with Crippen molar-refractivity contribution in [2.75, 3.05) is 24.3 Å². The van der Waals surface area contributed by atoms with Gasteiger partial charge in [0.25, 0.3) is 5.91 Å². The topological polar surface area (TPSA) is 70.6 Å². The molecule has 0 saturated carbocycles. The molecule has 1 amide bonds. The standard InChI is InChI=1S/C18H22N2O3/c1-13-4-6-15(7-5-13)20-17(21)18(2,22)12-23-16-10-8-14(19-3)9-11-16/h4-11,19,22H,12H2,1-3H3,(H,20,21)/t18-/m0/s1. The average Bonchev–Trinajstić information content (AvgIpc) is 2.55. The fourth-order valence-corrected chi connectivity index (χ4v) is 1.91. The van der Waals surface area contributed by atoms with Gasteiger partial charge in [-0.05, 0) is 50.2 Å². The predicted octanol–water partition coefficient (Wildman–Crippen LogP) is 2.81. The zero-order valence-electron chi connectivity index (χ0n) is 13.6. The van der Waals surface area contributed by atoms with E-state index in [2.05, 4.69) is 10.6 Å². The zero-order valence-corrected chi connectivity index (χ0v) is 13.6. The van der Waals surface area contributed by atoms with Gasteiger partial charge in [0.2, 0.25) is 0 Å². The molecular formula is C18H22N2O3. The van der Waals surface area contributed by atoms with E-state index in [-0.39, 0.29) is 6.61 Å². The van der Waals surface area contributed by atoms with Crippen molar-refractivity contribution in [3.8, 4) is 5.75 Å². The second-order valence-corrected chi connectivity index (χ2v) is 5.66. The Morgan fingerprint density at radius 1 is 1.09 bits per heavy atom. The van der Waals surface area contributed by atoms with Crippen LogP contribution < -0.4 is 15.4 Å². The summed E-state index contributed by atoms with van der Waals surface area (Å²) < 4.78 is 5.51. The van der Waals surface area contributed by atoms with Crippen molar-refractivity contribution in [2.45, 2.75) is 19.4 Å². The van der Waals surface area contributed by atoms with E-state index in [9.17, 15) is 9.90 Å². The van der Waals surface area contributed by atoms with Gasteiger partial charge in [-0.1, -0.05) is 17.7 Å². The molecule has 0 spiro atoms. The van der Waals surface area contributed by atoms with Crippen LogP contribution in [0.1, 0.15) is 12.5 Å². The highest BCUT2D eigenvalue weighted by Gasteiger charge is 2.31. The monoisotopic (exact) mass is 314 g/mol. The van der Waals surface area contributed by atoms with Crippen molar-refractivity contribution in [1.82, 2.24) is 0 Å². The summed E-state index contributed by atoms with van der Waals surface area (Å²) >= 11 is 0. The number of anilines is 2. The minimum atomic E-state index is -1.63. The smallest absolute Gasteiger partial charge is 0.259 e. The summed E-state index contributed by atoms with van der Waals surface area (Å²) in [5.74, 6) is 0.0839. The molecule has 0 fully saturated rings. The van der Waals surface area contributed by atoms with Crippen LogP contribution in [0.5, 0.6) is 5.75 Å². The molecule has 5 nitrogen and oxygen atoms in total. The van der Waals surface area contributed by atoms with Crippen LogP contribution in [0.3, 0.4) is 0 Å². The number of rotatable bonds is 6. The van der Waals surface area contributed by atoms with Crippen LogP contribution in [-0.2, 0) is 4.79 Å². The second-order valence-electron chi connectivity index (χ2n) is 5.66. The normalized spacial score (nSPS) is 13.0. The van der Waals surface area contributed by atoms with Gasteiger partial charge < -0.3 is 20.5 Å². The SMILES string of the molecule is CNc1ccc(OC[C@](C)(O)C(=O)Nc2ccc(C)cc2)cc1. The molecule has 0 saturated heterocycles. The van der Waals surface area contributed by atoms with E-state index in [0.29, 0.717) is 11.4 Å². The molecule has 0 radical (unpaired) electrons. The molecule has 122 valence electrons. The van der Waals surface area contributed by atoms with Crippen LogP contribution >= 0.6 is 0 Å². The highest BCUT2D eigenvalue weighted by molar-refractivity contribution is 5.96. The quantitative estimate of drug-likeness (QED) is 0.767. The molecule has 0 aliphatic heterocycles. The Morgan fingerprint density at radius 2 is 1.65 bits per heavy atom. The molecular weight excluding hydrogens is 292 g/mol. The number of carbonyl (C=O) groups excluding carboxylic acids is 1. The number of amides is 1. The Bertz CT molecular complexity index is 649. The third-order valence-electron chi connectivity index (χ3n) is 3.46. The van der Waals surface area contributed by atoms with Gasteiger partial charge in [-0.15, -0.1) is 0 Å². The lowest BCUT2D eigenvalue weighted by Gasteiger charge is -2.22. The first-order valence-corrected chi connectivity index (χ1v) is 7.42. The molecule has 5 heteroatoms. The maximum absolute atomic E-state index is 12.2. The molecule has 0 aliphatic carbocycles. The number of aryl methyl sites for hydroxylation is 1. The van der Waals surface area contributed by atoms with Crippen LogP contribution in [0.2, 0.25) is 0 Å². The number of hydrogen-bond acceptors (Lipinski definition) is 4. The number of aliphatic hydroxyl groups is 1. The zero-order chi connectivity index (χ0) is 16.9. The average molecular weight is 314 g/mol. The van der Waals surface area contributed by atoms with E-state index < -0.39 is 11.5 Å². The summed E-state index contributed by atoms with van der Waals surface area (Å²) in [4.78, 5) is 12.2. The van der Waals surface area contributed by atoms with Gasteiger partial charge in [0.15, 0.2) is 5.60 Å². The first kappa shape index (κ1) is 16.8. The molecule has 0 bridgehead atoms. The Hall–Kier alpha value is -2.53. The van der Waals surface area contributed by atoms with E-state index in [1.807, 2.05) is 38.2 Å². The van der Waals surface area contributed by atoms with Crippen molar-refractivity contribution in [3.05, 3.63) is 54.1 Å². The molecule has 0 heterocycles. The Labute approximate surface area is 136 Å². The van der Waals surface area contributed by atoms with Crippen LogP contribution in [-0.4, -0.2) is 30.3 Å². The van der Waals surface area contributed by atoms with E-state index in [0.717, 1.165) is 11.3 Å². The third-order valence-corrected chi connectivity index (χ3v) is 3.46. The van der Waals surface area contributed by atoms with Crippen molar-refractivity contribution in [3.63, 3.8) is 0 Å². The van der Waals surface area contributed by atoms with Crippen molar-refractivity contribution >= 4 is 17.3 Å². The van der Waals surface area contributed by atoms with Crippen molar-refractivity contribution < 1.29 is 14.6 Å². The van der Waals surface area contributed by atoms with E-state index in [1.165, 1.54) is 6.92 Å². The summed E-state index contributed by atoms with van der Waals surface area (Å²) in [7, 11) is 1.83. The molecule has 1 atom stereocenters. The van der Waals surface area contributed by atoms with Gasteiger partial charge in [-0.3, -0.25) is 4.79 Å². The molecule has 23 heavy (non-hydrogen) atoms. The Morgan fingerprint density at radius 3 is 2.22 bits per heavy atom. The van der Waals surface area contributed by atoms with Crippen LogP contribution in [0, 0.1) is 6.92 Å². The number of hydrogen-bond donors (Lipinski definition) is 3. The maximum Gasteiger partial charge on any atom is 0.259 e. The molecule has 2 rings (SSSR count). The van der Waals surface area contributed by atoms with Crippen LogP contribution in [0.25, 0.3) is 0 Å². The highest BCUT2D eigenvalue weighted by atomic mass is 16.5. The van der Waals surface area contributed by atoms with Crippen LogP contribution in [0.4, 0.5) is 11.4 Å². The summed E-state index contributed by atoms with van der Waals surface area (Å²) in [6.45, 7) is 3.26. The lowest BCUT2D eigenvalue weighted by Crippen LogP contribution is -2.45. The lowest BCUT2D eigenvalue weighted by atomic mass is 10.1. The first-order chi connectivity index (χ1) is 10.9. The summed E-state index contributed by atoms with van der Waals surface area (Å²) in [5, 5.41) is 16.0. The van der Waals surface area contributed by atoms with E-state index in [1.54, 1.807) is 24.3 Å². The second kappa shape index (κ2) is 7.15. The summed E-state index contributed by atoms with van der Waals surface area (Å²) in [5.41, 5.74) is 1.07. The lowest BCUT2D eigenvalue weighted by molar-refractivity contribution is -0.135. The largest absolute Gasteiger partial charge is 0.490 e. The molecule has 0 aromatic heterocycles. The molecule has 0 aliphatic rings. The van der Waals surface area contributed by atoms with Crippen LogP contribution in [0.15, 0.2) is 48.5 Å². The van der Waals surface area contributed by atoms with Gasteiger partial charge in [0, 0.05) is 18.4 Å². The fraction of sp³-hybridized carbons (Fsp3) is 0.278. The molecule has 0 unspecified atom stereocenters. The summed E-state index contributed by atoms with van der Waals surface area (Å²) in [6.07, 6.45) is 0. The van der Waals surface area contributed by atoms with Gasteiger partial charge in [0.1, 0.15) is 12.4 Å². The van der Waals surface area contributed by atoms with E-state index in [4.69, 9.17) is 4.74 Å². The third kappa shape index (κ3) is 4.72. The molecule has 2 aromatic carbocycles. The molecule has 3 N–H and O–H groups in total. The van der Waals surface area contributed by atoms with Crippen molar-refractivity contribution in [1.29, 1.82) is 0 Å². The Balaban J connectivity index is 1.93. The van der Waals surface area contributed by atoms with Gasteiger partial charge in [0.05, 0.1) is 0 Å². The number of nitrogens with one attached hydrogen (secondary N) is 2. The first-order valence-electron chi connectivity index (χ1n) is 7.42. The number of benzene rings is 2. The highest BCUT2D eigenvalue weighted by Crippen LogP contribution is 2.18. The number of ether oxygens (including phenoxy) is 1. The summed E-state index contributed by atoms with van der Waals surface area (Å²) in [6, 6.07) is 14.6. The maximum atomic E-state index is 12.2. The minimum Gasteiger partial charge on any atom is -0.490 e. The number of carbonyl (C=O) groups is 1. The molecule has 2 aromatic rings. The van der Waals surface area contributed by atoms with Crippen molar-refractivity contribution in [2.24, 2.45) is 0 Å². The van der Waals surface area contributed by atoms with Gasteiger partial charge in [-0.2, -0.15) is 0 Å². The minimum absolute atomic E-state index is 0.135. The van der Waals surface area contributed by atoms with E-state index >= 15 is 0 Å². The fourth-order valence-electron chi connectivity index (χ4n) is 1.91. The van der Waals surface area contributed by atoms with Gasteiger partial charge >= 0.3 is 0 Å².